The van der Waals surface area contributed by atoms with Crippen molar-refractivity contribution >= 4 is 16.7 Å². The lowest BCUT2D eigenvalue weighted by Crippen LogP contribution is -2.21. The van der Waals surface area contributed by atoms with Crippen molar-refractivity contribution in [2.24, 2.45) is 7.05 Å². The van der Waals surface area contributed by atoms with Gasteiger partial charge in [-0.2, -0.15) is 0 Å². The first-order chi connectivity index (χ1) is 11.4. The molecular weight excluding hydrogens is 302 g/mol. The van der Waals surface area contributed by atoms with E-state index in [2.05, 4.69) is 60.1 Å². The van der Waals surface area contributed by atoms with Gasteiger partial charge in [0.1, 0.15) is 11.6 Å². The summed E-state index contributed by atoms with van der Waals surface area (Å²) in [5.74, 6) is 1.71. The van der Waals surface area contributed by atoms with Crippen molar-refractivity contribution in [2.75, 3.05) is 32.5 Å². The molecule has 0 amide bonds. The lowest BCUT2D eigenvalue weighted by atomic mass is 10.1. The predicted molar refractivity (Wildman–Crippen MR) is 97.5 cm³/mol. The smallest absolute Gasteiger partial charge is 0.143 e. The number of hydrogen-bond acceptors (Lipinski definition) is 5. The fourth-order valence-corrected chi connectivity index (χ4v) is 2.97. The second-order valence-electron chi connectivity index (χ2n) is 6.56. The minimum absolute atomic E-state index is 0.796. The van der Waals surface area contributed by atoms with Crippen molar-refractivity contribution in [3.05, 3.63) is 29.3 Å². The summed E-state index contributed by atoms with van der Waals surface area (Å²) in [6, 6.07) is 4.30. The van der Waals surface area contributed by atoms with Crippen molar-refractivity contribution in [1.29, 1.82) is 0 Å². The summed E-state index contributed by atoms with van der Waals surface area (Å²) in [5, 5.41) is 8.69. The van der Waals surface area contributed by atoms with Gasteiger partial charge >= 0.3 is 0 Å². The van der Waals surface area contributed by atoms with E-state index >= 15 is 0 Å². The Bertz CT molecular complexity index is 856. The third-order valence-corrected chi connectivity index (χ3v) is 4.42. The topological polar surface area (TPSA) is 59.1 Å². The van der Waals surface area contributed by atoms with Crippen LogP contribution in [0.1, 0.15) is 17.1 Å². The Morgan fingerprint density at radius 1 is 1.21 bits per heavy atom. The molecule has 0 fully saturated rings. The van der Waals surface area contributed by atoms with Crippen LogP contribution in [0.3, 0.4) is 0 Å². The van der Waals surface area contributed by atoms with Crippen molar-refractivity contribution in [2.45, 2.75) is 20.8 Å². The van der Waals surface area contributed by atoms with Gasteiger partial charge in [0.05, 0.1) is 22.5 Å². The molecule has 24 heavy (non-hydrogen) atoms. The van der Waals surface area contributed by atoms with Crippen LogP contribution in [0.2, 0.25) is 0 Å². The summed E-state index contributed by atoms with van der Waals surface area (Å²) in [7, 11) is 6.22. The molecule has 3 aromatic heterocycles. The largest absolute Gasteiger partial charge is 0.368 e. The number of hydrogen-bond donors (Lipinski definition) is 1. The van der Waals surface area contributed by atoms with Crippen LogP contribution in [0.25, 0.3) is 22.2 Å². The van der Waals surface area contributed by atoms with Crippen molar-refractivity contribution in [3.63, 3.8) is 0 Å². The molecule has 6 heteroatoms. The van der Waals surface area contributed by atoms with E-state index in [0.29, 0.717) is 0 Å². The summed E-state index contributed by atoms with van der Waals surface area (Å²) in [6.07, 6.45) is 0. The molecule has 0 saturated heterocycles. The summed E-state index contributed by atoms with van der Waals surface area (Å²) in [5.41, 5.74) is 5.10. The Labute approximate surface area is 142 Å². The zero-order valence-electron chi connectivity index (χ0n) is 15.3. The molecule has 0 atom stereocenters. The molecule has 6 nitrogen and oxygen atoms in total. The quantitative estimate of drug-likeness (QED) is 0.780. The predicted octanol–water partition coefficient (Wildman–Crippen LogP) is 3.13. The fraction of sp³-hybridized carbons (Fsp3) is 0.444. The molecule has 0 aliphatic heterocycles. The monoisotopic (exact) mass is 327 g/mol. The second kappa shape index (κ2) is 6.28. The molecule has 1 N–H and O–H groups in total. The van der Waals surface area contributed by atoms with Gasteiger partial charge in [-0.3, -0.25) is 0 Å². The van der Waals surface area contributed by atoms with E-state index in [9.17, 15) is 0 Å². The van der Waals surface area contributed by atoms with Gasteiger partial charge in [0.25, 0.3) is 0 Å². The Kier molecular flexibility index (Phi) is 4.32. The Balaban J connectivity index is 2.12. The van der Waals surface area contributed by atoms with Gasteiger partial charge in [-0.25, -0.2) is 4.98 Å². The van der Waals surface area contributed by atoms with Crippen LogP contribution in [0, 0.1) is 20.8 Å². The molecule has 0 radical (unpaired) electrons. The van der Waals surface area contributed by atoms with Gasteiger partial charge in [-0.05, 0) is 47.0 Å². The third kappa shape index (κ3) is 2.89. The van der Waals surface area contributed by atoms with Crippen LogP contribution in [-0.2, 0) is 7.05 Å². The zero-order chi connectivity index (χ0) is 17.4. The standard InChI is InChI=1S/C18H25N5O/c1-11-9-14-16(23(11)6)10-15(17-12(2)21-24-13(17)3)20-18(14)19-7-8-22(4)5/h9-10H,7-8H2,1-6H3,(H,19,20). The van der Waals surface area contributed by atoms with Crippen LogP contribution >= 0.6 is 0 Å². The summed E-state index contributed by atoms with van der Waals surface area (Å²) < 4.78 is 7.52. The van der Waals surface area contributed by atoms with Gasteiger partial charge in [0.15, 0.2) is 0 Å². The highest BCUT2D eigenvalue weighted by atomic mass is 16.5. The number of fused-ring (bicyclic) bond motifs is 1. The van der Waals surface area contributed by atoms with E-state index in [4.69, 9.17) is 9.51 Å². The zero-order valence-corrected chi connectivity index (χ0v) is 15.3. The maximum atomic E-state index is 5.33. The lowest BCUT2D eigenvalue weighted by molar-refractivity contribution is 0.393. The highest BCUT2D eigenvalue weighted by Crippen LogP contribution is 2.32. The molecule has 0 aromatic carbocycles. The SMILES string of the molecule is Cc1noc(C)c1-c1cc2c(cc(C)n2C)c(NCCN(C)C)n1. The molecule has 0 saturated carbocycles. The van der Waals surface area contributed by atoms with Gasteiger partial charge in [-0.1, -0.05) is 5.16 Å². The van der Waals surface area contributed by atoms with E-state index in [-0.39, 0.29) is 0 Å². The minimum atomic E-state index is 0.796. The number of nitrogens with zero attached hydrogens (tertiary/aromatic N) is 4. The van der Waals surface area contributed by atoms with Crippen LogP contribution in [0.15, 0.2) is 16.7 Å². The molecule has 3 aromatic rings. The molecule has 0 bridgehead atoms. The number of rotatable bonds is 5. The van der Waals surface area contributed by atoms with Crippen LogP contribution in [0.5, 0.6) is 0 Å². The fourth-order valence-electron chi connectivity index (χ4n) is 2.97. The van der Waals surface area contributed by atoms with Gasteiger partial charge < -0.3 is 19.3 Å². The second-order valence-corrected chi connectivity index (χ2v) is 6.56. The van der Waals surface area contributed by atoms with Gasteiger partial charge in [0, 0.05) is 31.2 Å². The van der Waals surface area contributed by atoms with Crippen LogP contribution < -0.4 is 5.32 Å². The Morgan fingerprint density at radius 3 is 2.58 bits per heavy atom. The molecule has 0 unspecified atom stereocenters. The van der Waals surface area contributed by atoms with Crippen molar-refractivity contribution < 1.29 is 4.52 Å². The highest BCUT2D eigenvalue weighted by Gasteiger charge is 2.17. The summed E-state index contributed by atoms with van der Waals surface area (Å²) in [6.45, 7) is 7.78. The van der Waals surface area contributed by atoms with E-state index in [0.717, 1.165) is 52.5 Å². The lowest BCUT2D eigenvalue weighted by Gasteiger charge is -2.13. The number of aryl methyl sites for hydroxylation is 4. The van der Waals surface area contributed by atoms with Gasteiger partial charge in [-0.15, -0.1) is 0 Å². The van der Waals surface area contributed by atoms with Crippen LogP contribution in [-0.4, -0.2) is 46.8 Å². The molecule has 0 aliphatic rings. The third-order valence-electron chi connectivity index (χ3n) is 4.42. The highest BCUT2D eigenvalue weighted by molar-refractivity contribution is 5.94. The van der Waals surface area contributed by atoms with Crippen LogP contribution in [0.4, 0.5) is 5.82 Å². The molecule has 3 rings (SSSR count). The van der Waals surface area contributed by atoms with E-state index < -0.39 is 0 Å². The van der Waals surface area contributed by atoms with E-state index in [1.54, 1.807) is 0 Å². The first-order valence-corrected chi connectivity index (χ1v) is 8.17. The number of nitrogens with one attached hydrogen (secondary N) is 1. The summed E-state index contributed by atoms with van der Waals surface area (Å²) in [4.78, 5) is 7.02. The van der Waals surface area contributed by atoms with E-state index in [1.165, 1.54) is 5.69 Å². The maximum absolute atomic E-state index is 5.33. The average molecular weight is 327 g/mol. The summed E-state index contributed by atoms with van der Waals surface area (Å²) >= 11 is 0. The number of pyridine rings is 1. The maximum Gasteiger partial charge on any atom is 0.143 e. The first kappa shape index (κ1) is 16.5. The normalized spacial score (nSPS) is 11.6. The molecule has 128 valence electrons. The Hall–Kier alpha value is -2.34. The first-order valence-electron chi connectivity index (χ1n) is 8.17. The van der Waals surface area contributed by atoms with E-state index in [1.807, 2.05) is 13.8 Å². The number of likely N-dealkylation sites (N-methyl/N-ethyl adjacent to an activating group) is 1. The average Bonchev–Trinajstić information content (AvgIpc) is 3.00. The molecule has 0 aliphatic carbocycles. The van der Waals surface area contributed by atoms with Crippen molar-refractivity contribution in [1.82, 2.24) is 19.6 Å². The Morgan fingerprint density at radius 2 is 1.96 bits per heavy atom. The number of anilines is 1. The number of aromatic nitrogens is 3. The van der Waals surface area contributed by atoms with Crippen molar-refractivity contribution in [3.8, 4) is 11.3 Å². The molecule has 0 spiro atoms. The molecular formula is C18H25N5O. The minimum Gasteiger partial charge on any atom is -0.368 e. The van der Waals surface area contributed by atoms with Gasteiger partial charge in [0.2, 0.25) is 0 Å². The molecule has 3 heterocycles.